The van der Waals surface area contributed by atoms with Crippen LogP contribution in [-0.4, -0.2) is 33.8 Å². The predicted octanol–water partition coefficient (Wildman–Crippen LogP) is 4.32. The van der Waals surface area contributed by atoms with Crippen LogP contribution in [0.15, 0.2) is 54.7 Å². The topological polar surface area (TPSA) is 109 Å². The maximum Gasteiger partial charge on any atom is 0.269 e. The van der Waals surface area contributed by atoms with Gasteiger partial charge in [0.1, 0.15) is 17.2 Å². The molecule has 0 radical (unpaired) electrons. The summed E-state index contributed by atoms with van der Waals surface area (Å²) in [5.74, 6) is 0.515. The number of nitrogens with zero attached hydrogens (tertiary/aromatic N) is 2. The summed E-state index contributed by atoms with van der Waals surface area (Å²) in [5, 5.41) is 5.87. The van der Waals surface area contributed by atoms with Crippen molar-refractivity contribution in [3.8, 4) is 11.5 Å². The smallest absolute Gasteiger partial charge is 0.269 e. The van der Waals surface area contributed by atoms with Gasteiger partial charge in [-0.05, 0) is 48.9 Å². The maximum atomic E-state index is 12.7. The summed E-state index contributed by atoms with van der Waals surface area (Å²) >= 11 is 6.14. The van der Waals surface area contributed by atoms with Crippen LogP contribution in [0.5, 0.6) is 11.5 Å². The van der Waals surface area contributed by atoms with Crippen LogP contribution in [0.25, 0.3) is 11.0 Å². The Morgan fingerprint density at radius 3 is 2.68 bits per heavy atom. The van der Waals surface area contributed by atoms with Crippen LogP contribution < -0.4 is 15.4 Å². The number of halogens is 1. The van der Waals surface area contributed by atoms with E-state index >= 15 is 0 Å². The number of rotatable bonds is 5. The summed E-state index contributed by atoms with van der Waals surface area (Å²) in [4.78, 5) is 35.9. The quantitative estimate of drug-likeness (QED) is 0.432. The first-order valence-corrected chi connectivity index (χ1v) is 9.74. The Hall–Kier alpha value is -3.91. The Morgan fingerprint density at radius 1 is 1.06 bits per heavy atom. The number of aromatic amines is 1. The molecule has 2 heterocycles. The minimum absolute atomic E-state index is 0.231. The summed E-state index contributed by atoms with van der Waals surface area (Å²) < 4.78 is 5.79. The van der Waals surface area contributed by atoms with Crippen molar-refractivity contribution in [2.45, 2.75) is 6.92 Å². The number of H-pyrrole nitrogens is 1. The van der Waals surface area contributed by atoms with Gasteiger partial charge in [-0.15, -0.1) is 0 Å². The number of anilines is 1. The summed E-state index contributed by atoms with van der Waals surface area (Å²) in [5.41, 5.74) is 2.92. The van der Waals surface area contributed by atoms with Gasteiger partial charge in [0, 0.05) is 29.9 Å². The minimum Gasteiger partial charge on any atom is -0.457 e. The first-order chi connectivity index (χ1) is 14.9. The molecular formula is C22H18ClN5O3. The Balaban J connectivity index is 1.52. The highest BCUT2D eigenvalue weighted by Crippen LogP contribution is 2.26. The number of nitrogens with one attached hydrogen (secondary N) is 3. The van der Waals surface area contributed by atoms with Gasteiger partial charge in [-0.25, -0.2) is 4.98 Å². The first kappa shape index (κ1) is 20.4. The molecule has 4 rings (SSSR count). The largest absolute Gasteiger partial charge is 0.457 e. The number of carbonyl (C=O) groups excluding carboxylic acids is 2. The van der Waals surface area contributed by atoms with Gasteiger partial charge in [0.25, 0.3) is 11.8 Å². The molecule has 0 spiro atoms. The van der Waals surface area contributed by atoms with E-state index in [0.717, 1.165) is 11.1 Å². The van der Waals surface area contributed by atoms with Crippen molar-refractivity contribution in [2.24, 2.45) is 0 Å². The number of hydrogen-bond acceptors (Lipinski definition) is 5. The molecule has 0 aliphatic heterocycles. The van der Waals surface area contributed by atoms with Gasteiger partial charge < -0.3 is 15.0 Å². The van der Waals surface area contributed by atoms with Crippen LogP contribution >= 0.6 is 11.6 Å². The number of imidazole rings is 1. The number of benzene rings is 2. The minimum atomic E-state index is -0.353. The second kappa shape index (κ2) is 8.45. The molecule has 2 aromatic heterocycles. The molecule has 9 heteroatoms. The van der Waals surface area contributed by atoms with Crippen molar-refractivity contribution in [3.05, 3.63) is 76.6 Å². The van der Waals surface area contributed by atoms with E-state index in [1.165, 1.54) is 19.3 Å². The van der Waals surface area contributed by atoms with Crippen molar-refractivity contribution < 1.29 is 14.3 Å². The van der Waals surface area contributed by atoms with Crippen LogP contribution in [0.3, 0.4) is 0 Å². The van der Waals surface area contributed by atoms with Crippen molar-refractivity contribution in [1.29, 1.82) is 0 Å². The van der Waals surface area contributed by atoms with E-state index in [-0.39, 0.29) is 17.5 Å². The van der Waals surface area contributed by atoms with Crippen molar-refractivity contribution >= 4 is 40.4 Å². The molecule has 0 unspecified atom stereocenters. The van der Waals surface area contributed by atoms with Crippen LogP contribution in [-0.2, 0) is 0 Å². The molecule has 2 aromatic carbocycles. The highest BCUT2D eigenvalue weighted by molar-refractivity contribution is 6.32. The Morgan fingerprint density at radius 2 is 1.87 bits per heavy atom. The molecule has 0 aliphatic rings. The summed E-state index contributed by atoms with van der Waals surface area (Å²) in [6, 6.07) is 13.4. The van der Waals surface area contributed by atoms with E-state index in [1.807, 2.05) is 13.0 Å². The second-order valence-electron chi connectivity index (χ2n) is 6.69. The lowest BCUT2D eigenvalue weighted by Gasteiger charge is -2.08. The fourth-order valence-corrected chi connectivity index (χ4v) is 3.14. The molecule has 0 fully saturated rings. The molecule has 0 bridgehead atoms. The lowest BCUT2D eigenvalue weighted by atomic mass is 10.2. The Bertz CT molecular complexity index is 1300. The van der Waals surface area contributed by atoms with E-state index in [9.17, 15) is 9.59 Å². The highest BCUT2D eigenvalue weighted by atomic mass is 35.5. The lowest BCUT2D eigenvalue weighted by Crippen LogP contribution is -2.18. The van der Waals surface area contributed by atoms with Gasteiger partial charge in [0.2, 0.25) is 5.95 Å². The number of aryl methyl sites for hydroxylation is 1. The van der Waals surface area contributed by atoms with Crippen LogP contribution in [0.4, 0.5) is 5.95 Å². The molecule has 31 heavy (non-hydrogen) atoms. The number of carbonyl (C=O) groups is 2. The third-order valence-corrected chi connectivity index (χ3v) is 5.01. The van der Waals surface area contributed by atoms with E-state index in [1.54, 1.807) is 36.4 Å². The summed E-state index contributed by atoms with van der Waals surface area (Å²) in [6.07, 6.45) is 1.48. The zero-order chi connectivity index (χ0) is 22.0. The molecule has 0 saturated carbocycles. The summed E-state index contributed by atoms with van der Waals surface area (Å²) in [6.45, 7) is 1.87. The van der Waals surface area contributed by atoms with Crippen molar-refractivity contribution in [3.63, 3.8) is 0 Å². The van der Waals surface area contributed by atoms with Crippen molar-refractivity contribution in [1.82, 2.24) is 20.3 Å². The third-order valence-electron chi connectivity index (χ3n) is 4.60. The normalized spacial score (nSPS) is 10.7. The molecule has 2 amide bonds. The average molecular weight is 436 g/mol. The van der Waals surface area contributed by atoms with Gasteiger partial charge in [-0.2, -0.15) is 0 Å². The SMILES string of the molecule is CNC(=O)c1cc(Oc2cccc(C(=O)Nc3nc4c(C)c(Cl)ccc4[nH]3)c2)ccn1. The van der Waals surface area contributed by atoms with Gasteiger partial charge in [0.15, 0.2) is 0 Å². The Labute approximate surface area is 182 Å². The summed E-state index contributed by atoms with van der Waals surface area (Å²) in [7, 11) is 1.53. The van der Waals surface area contributed by atoms with E-state index in [4.69, 9.17) is 16.3 Å². The molecule has 0 aliphatic carbocycles. The maximum absolute atomic E-state index is 12.7. The number of pyridine rings is 1. The monoisotopic (exact) mass is 435 g/mol. The van der Waals surface area contributed by atoms with Crippen LogP contribution in [0, 0.1) is 6.92 Å². The molecule has 0 atom stereocenters. The standard InChI is InChI=1S/C22H18ClN5O3/c1-12-16(23)6-7-17-19(12)27-22(26-17)28-20(29)13-4-3-5-14(10-13)31-15-8-9-25-18(11-15)21(30)24-2/h3-11H,1-2H3,(H,24,30)(H2,26,27,28,29). The lowest BCUT2D eigenvalue weighted by molar-refractivity contribution is 0.0957. The van der Waals surface area contributed by atoms with E-state index in [0.29, 0.717) is 33.6 Å². The average Bonchev–Trinajstić information content (AvgIpc) is 3.19. The molecular weight excluding hydrogens is 418 g/mol. The fourth-order valence-electron chi connectivity index (χ4n) is 2.99. The molecule has 3 N–H and O–H groups in total. The van der Waals surface area contributed by atoms with Gasteiger partial charge in [0.05, 0.1) is 11.0 Å². The zero-order valence-corrected chi connectivity index (χ0v) is 17.4. The van der Waals surface area contributed by atoms with Gasteiger partial charge in [-0.1, -0.05) is 17.7 Å². The first-order valence-electron chi connectivity index (χ1n) is 9.37. The number of fused-ring (bicyclic) bond motifs is 1. The zero-order valence-electron chi connectivity index (χ0n) is 16.7. The third kappa shape index (κ3) is 4.34. The number of aromatic nitrogens is 3. The second-order valence-corrected chi connectivity index (χ2v) is 7.10. The highest BCUT2D eigenvalue weighted by Gasteiger charge is 2.13. The van der Waals surface area contributed by atoms with E-state index in [2.05, 4.69) is 25.6 Å². The number of ether oxygens (including phenoxy) is 1. The van der Waals surface area contributed by atoms with Crippen LogP contribution in [0.2, 0.25) is 5.02 Å². The molecule has 4 aromatic rings. The Kier molecular flexibility index (Phi) is 5.55. The molecule has 8 nitrogen and oxygen atoms in total. The van der Waals surface area contributed by atoms with E-state index < -0.39 is 0 Å². The number of amides is 2. The van der Waals surface area contributed by atoms with Gasteiger partial charge >= 0.3 is 0 Å². The molecule has 156 valence electrons. The fraction of sp³-hybridized carbons (Fsp3) is 0.0909. The molecule has 0 saturated heterocycles. The van der Waals surface area contributed by atoms with Gasteiger partial charge in [-0.3, -0.25) is 19.9 Å². The van der Waals surface area contributed by atoms with Crippen molar-refractivity contribution in [2.75, 3.05) is 12.4 Å². The number of hydrogen-bond donors (Lipinski definition) is 3. The van der Waals surface area contributed by atoms with Crippen LogP contribution in [0.1, 0.15) is 26.4 Å². The predicted molar refractivity (Wildman–Crippen MR) is 118 cm³/mol.